The number of nitrogens with one attached hydrogen (secondary N) is 1. The lowest BCUT2D eigenvalue weighted by Crippen LogP contribution is -2.29. The zero-order valence-corrected chi connectivity index (χ0v) is 17.4. The number of phenolic OH excluding ortho intramolecular Hbond substituents is 1. The second-order valence-corrected chi connectivity index (χ2v) is 7.72. The van der Waals surface area contributed by atoms with E-state index >= 15 is 0 Å². The quantitative estimate of drug-likeness (QED) is 0.523. The van der Waals surface area contributed by atoms with Gasteiger partial charge in [-0.25, -0.2) is 0 Å². The SMILES string of the molecule is CCCSN(CC(N)=O)c1cc(Cl)cc(C(=O)NCc2ccc(C#N)cc2O)c1. The molecule has 0 radical (unpaired) electrons. The molecule has 7 nitrogen and oxygen atoms in total. The predicted molar refractivity (Wildman–Crippen MR) is 115 cm³/mol. The number of carbonyl (C=O) groups is 2. The van der Waals surface area contributed by atoms with Gasteiger partial charge in [0.15, 0.2) is 0 Å². The van der Waals surface area contributed by atoms with Crippen molar-refractivity contribution in [2.24, 2.45) is 5.73 Å². The summed E-state index contributed by atoms with van der Waals surface area (Å²) < 4.78 is 1.71. The third-order valence-electron chi connectivity index (χ3n) is 3.84. The molecular formula is C20H21ClN4O3S. The highest BCUT2D eigenvalue weighted by atomic mass is 35.5. The van der Waals surface area contributed by atoms with Crippen molar-refractivity contribution in [1.82, 2.24) is 5.32 Å². The number of nitrogens with zero attached hydrogens (tertiary/aromatic N) is 2. The topological polar surface area (TPSA) is 119 Å². The zero-order valence-electron chi connectivity index (χ0n) is 15.8. The van der Waals surface area contributed by atoms with Crippen LogP contribution in [0.15, 0.2) is 36.4 Å². The van der Waals surface area contributed by atoms with E-state index in [1.54, 1.807) is 28.6 Å². The van der Waals surface area contributed by atoms with E-state index in [-0.39, 0.29) is 18.8 Å². The maximum absolute atomic E-state index is 12.6. The fourth-order valence-electron chi connectivity index (χ4n) is 2.46. The van der Waals surface area contributed by atoms with Crippen LogP contribution in [-0.2, 0) is 11.3 Å². The van der Waals surface area contributed by atoms with Gasteiger partial charge in [0.25, 0.3) is 5.91 Å². The van der Waals surface area contributed by atoms with E-state index in [1.165, 1.54) is 24.1 Å². The first-order valence-electron chi connectivity index (χ1n) is 8.83. The van der Waals surface area contributed by atoms with Crippen LogP contribution in [-0.4, -0.2) is 29.2 Å². The largest absolute Gasteiger partial charge is 0.508 e. The standard InChI is InChI=1S/C20H21ClN4O3S/c1-2-5-29-25(12-19(23)27)17-8-15(7-16(21)9-17)20(28)24-11-14-4-3-13(10-22)6-18(14)26/h3-4,6-9,26H,2,5,11-12H2,1H3,(H2,23,27)(H,24,28). The minimum atomic E-state index is -0.490. The van der Waals surface area contributed by atoms with Gasteiger partial charge in [-0.15, -0.1) is 0 Å². The molecule has 2 amide bonds. The lowest BCUT2D eigenvalue weighted by Gasteiger charge is -2.22. The molecule has 0 unspecified atom stereocenters. The molecule has 0 fully saturated rings. The van der Waals surface area contributed by atoms with E-state index in [0.717, 1.165) is 12.2 Å². The van der Waals surface area contributed by atoms with Crippen molar-refractivity contribution in [1.29, 1.82) is 5.26 Å². The van der Waals surface area contributed by atoms with Crippen LogP contribution in [0.3, 0.4) is 0 Å². The second-order valence-electron chi connectivity index (χ2n) is 6.17. The molecule has 0 atom stereocenters. The Morgan fingerprint density at radius 1 is 1.31 bits per heavy atom. The van der Waals surface area contributed by atoms with E-state index in [0.29, 0.717) is 27.4 Å². The summed E-state index contributed by atoms with van der Waals surface area (Å²) in [6, 6.07) is 11.2. The molecule has 0 aliphatic carbocycles. The highest BCUT2D eigenvalue weighted by Gasteiger charge is 2.15. The summed E-state index contributed by atoms with van der Waals surface area (Å²) in [7, 11) is 0. The van der Waals surface area contributed by atoms with E-state index in [9.17, 15) is 14.7 Å². The van der Waals surface area contributed by atoms with Crippen LogP contribution in [0.2, 0.25) is 5.02 Å². The molecule has 0 bridgehead atoms. The number of aromatic hydroxyl groups is 1. The maximum atomic E-state index is 12.6. The van der Waals surface area contributed by atoms with Gasteiger partial charge >= 0.3 is 0 Å². The van der Waals surface area contributed by atoms with Gasteiger partial charge in [0.2, 0.25) is 5.91 Å². The summed E-state index contributed by atoms with van der Waals surface area (Å²) in [5.41, 5.74) is 7.06. The Morgan fingerprint density at radius 3 is 2.69 bits per heavy atom. The van der Waals surface area contributed by atoms with Crippen molar-refractivity contribution in [3.05, 3.63) is 58.1 Å². The van der Waals surface area contributed by atoms with Crippen LogP contribution in [0.5, 0.6) is 5.75 Å². The minimum Gasteiger partial charge on any atom is -0.508 e. The second kappa shape index (κ2) is 10.6. The van der Waals surface area contributed by atoms with Gasteiger partial charge in [-0.1, -0.05) is 24.6 Å². The van der Waals surface area contributed by atoms with Gasteiger partial charge in [-0.3, -0.25) is 9.59 Å². The lowest BCUT2D eigenvalue weighted by molar-refractivity contribution is -0.116. The van der Waals surface area contributed by atoms with Crippen molar-refractivity contribution >= 4 is 41.1 Å². The molecule has 2 rings (SSSR count). The fraction of sp³-hybridized carbons (Fsp3) is 0.250. The molecule has 2 aromatic rings. The Labute approximate surface area is 178 Å². The van der Waals surface area contributed by atoms with Crippen LogP contribution in [0.25, 0.3) is 0 Å². The molecular weight excluding hydrogens is 412 g/mol. The van der Waals surface area contributed by atoms with Gasteiger partial charge in [0.1, 0.15) is 12.3 Å². The van der Waals surface area contributed by atoms with Gasteiger partial charge in [-0.05, 0) is 48.7 Å². The van der Waals surface area contributed by atoms with Crippen molar-refractivity contribution < 1.29 is 14.7 Å². The first-order valence-corrected chi connectivity index (χ1v) is 10.2. The number of hydrogen-bond acceptors (Lipinski definition) is 6. The first-order chi connectivity index (χ1) is 13.8. The molecule has 0 saturated carbocycles. The number of nitrogens with two attached hydrogens (primary N) is 1. The van der Waals surface area contributed by atoms with Crippen LogP contribution in [0.4, 0.5) is 5.69 Å². The Morgan fingerprint density at radius 2 is 2.07 bits per heavy atom. The molecule has 0 spiro atoms. The molecule has 0 heterocycles. The molecule has 29 heavy (non-hydrogen) atoms. The minimum absolute atomic E-state index is 0.00875. The number of anilines is 1. The lowest BCUT2D eigenvalue weighted by atomic mass is 10.1. The summed E-state index contributed by atoms with van der Waals surface area (Å²) in [4.78, 5) is 24.0. The average molecular weight is 433 g/mol. The number of primary amides is 1. The first kappa shape index (κ1) is 22.4. The summed E-state index contributed by atoms with van der Waals surface area (Å²) in [6.07, 6.45) is 0.905. The predicted octanol–water partition coefficient (Wildman–Crippen LogP) is 3.20. The normalized spacial score (nSPS) is 10.2. The molecule has 152 valence electrons. The van der Waals surface area contributed by atoms with Crippen molar-refractivity contribution in [2.45, 2.75) is 19.9 Å². The van der Waals surface area contributed by atoms with E-state index < -0.39 is 11.8 Å². The molecule has 0 aliphatic rings. The number of hydrogen-bond donors (Lipinski definition) is 3. The Balaban J connectivity index is 2.18. The molecule has 0 aromatic heterocycles. The van der Waals surface area contributed by atoms with Crippen LogP contribution >= 0.6 is 23.5 Å². The van der Waals surface area contributed by atoms with Crippen molar-refractivity contribution in [2.75, 3.05) is 16.6 Å². The Hall–Kier alpha value is -2.89. The van der Waals surface area contributed by atoms with Crippen molar-refractivity contribution in [3.8, 4) is 11.8 Å². The highest BCUT2D eigenvalue weighted by Crippen LogP contribution is 2.28. The van der Waals surface area contributed by atoms with Crippen molar-refractivity contribution in [3.63, 3.8) is 0 Å². The third-order valence-corrected chi connectivity index (χ3v) is 5.30. The van der Waals surface area contributed by atoms with Crippen LogP contribution < -0.4 is 15.4 Å². The zero-order chi connectivity index (χ0) is 21.4. The average Bonchev–Trinajstić information content (AvgIpc) is 2.69. The molecule has 2 aromatic carbocycles. The van der Waals surface area contributed by atoms with Gasteiger partial charge < -0.3 is 20.5 Å². The smallest absolute Gasteiger partial charge is 0.251 e. The summed E-state index contributed by atoms with van der Waals surface area (Å²) in [5, 5.41) is 21.9. The number of nitriles is 1. The van der Waals surface area contributed by atoms with Gasteiger partial charge in [-0.2, -0.15) is 5.26 Å². The maximum Gasteiger partial charge on any atom is 0.251 e. The van der Waals surface area contributed by atoms with Crippen LogP contribution in [0, 0.1) is 11.3 Å². The number of rotatable bonds is 9. The van der Waals surface area contributed by atoms with E-state index in [4.69, 9.17) is 22.6 Å². The van der Waals surface area contributed by atoms with E-state index in [1.807, 2.05) is 13.0 Å². The number of phenols is 1. The summed E-state index contributed by atoms with van der Waals surface area (Å²) in [5.74, 6) is -0.174. The Kier molecular flexibility index (Phi) is 8.19. The molecule has 0 aliphatic heterocycles. The van der Waals surface area contributed by atoms with E-state index in [2.05, 4.69) is 5.32 Å². The number of benzene rings is 2. The molecule has 4 N–H and O–H groups in total. The monoisotopic (exact) mass is 432 g/mol. The summed E-state index contributed by atoms with van der Waals surface area (Å²) >= 11 is 7.61. The highest BCUT2D eigenvalue weighted by molar-refractivity contribution is 8.00. The Bertz CT molecular complexity index is 946. The number of amides is 2. The number of halogens is 1. The van der Waals surface area contributed by atoms with Crippen LogP contribution in [0.1, 0.15) is 34.8 Å². The third kappa shape index (κ3) is 6.59. The number of carbonyl (C=O) groups excluding carboxylic acids is 2. The van der Waals surface area contributed by atoms with Gasteiger partial charge in [0.05, 0.1) is 11.6 Å². The summed E-state index contributed by atoms with van der Waals surface area (Å²) in [6.45, 7) is 2.09. The molecule has 0 saturated heterocycles. The fourth-order valence-corrected chi connectivity index (χ4v) is 3.57. The molecule has 9 heteroatoms. The van der Waals surface area contributed by atoms with Gasteiger partial charge in [0, 0.05) is 34.1 Å².